The van der Waals surface area contributed by atoms with Crippen LogP contribution in [-0.2, 0) is 13.1 Å². The minimum atomic E-state index is -0.0544. The van der Waals surface area contributed by atoms with E-state index in [4.69, 9.17) is 0 Å². The molecular formula is C12H15N3OS. The molecule has 2 heterocycles. The van der Waals surface area contributed by atoms with Crippen LogP contribution >= 0.6 is 11.3 Å². The van der Waals surface area contributed by atoms with E-state index < -0.39 is 0 Å². The first kappa shape index (κ1) is 12.0. The molecule has 0 unspecified atom stereocenters. The van der Waals surface area contributed by atoms with E-state index in [1.165, 1.54) is 16.0 Å². The third-order valence-corrected chi connectivity index (χ3v) is 3.43. The van der Waals surface area contributed by atoms with E-state index >= 15 is 0 Å². The summed E-state index contributed by atoms with van der Waals surface area (Å²) in [4.78, 5) is 17.8. The Morgan fingerprint density at radius 3 is 3.06 bits per heavy atom. The zero-order chi connectivity index (χ0) is 12.1. The van der Waals surface area contributed by atoms with E-state index in [0.29, 0.717) is 6.54 Å². The molecule has 0 aliphatic heterocycles. The second-order valence-corrected chi connectivity index (χ2v) is 5.17. The first-order valence-corrected chi connectivity index (χ1v) is 6.34. The molecule has 5 heteroatoms. The van der Waals surface area contributed by atoms with Gasteiger partial charge in [0.15, 0.2) is 0 Å². The molecule has 0 saturated heterocycles. The SMILES string of the molecule is Cc1ccc(CNCCn2ccncc2=O)s1. The molecule has 0 amide bonds. The summed E-state index contributed by atoms with van der Waals surface area (Å²) < 4.78 is 1.65. The van der Waals surface area contributed by atoms with Gasteiger partial charge in [-0.15, -0.1) is 11.3 Å². The van der Waals surface area contributed by atoms with Gasteiger partial charge in [-0.3, -0.25) is 9.78 Å². The molecule has 0 atom stereocenters. The topological polar surface area (TPSA) is 46.9 Å². The highest BCUT2D eigenvalue weighted by molar-refractivity contribution is 7.11. The summed E-state index contributed by atoms with van der Waals surface area (Å²) in [5.74, 6) is 0. The zero-order valence-electron chi connectivity index (χ0n) is 9.72. The van der Waals surface area contributed by atoms with Crippen LogP contribution in [0.1, 0.15) is 9.75 Å². The summed E-state index contributed by atoms with van der Waals surface area (Å²) in [6, 6.07) is 4.25. The molecule has 0 radical (unpaired) electrons. The van der Waals surface area contributed by atoms with Gasteiger partial charge in [-0.2, -0.15) is 0 Å². The number of hydrogen-bond acceptors (Lipinski definition) is 4. The lowest BCUT2D eigenvalue weighted by Crippen LogP contribution is -2.26. The Morgan fingerprint density at radius 2 is 2.35 bits per heavy atom. The zero-order valence-corrected chi connectivity index (χ0v) is 10.5. The van der Waals surface area contributed by atoms with Crippen molar-refractivity contribution in [2.75, 3.05) is 6.54 Å². The van der Waals surface area contributed by atoms with Crippen molar-refractivity contribution < 1.29 is 0 Å². The largest absolute Gasteiger partial charge is 0.311 e. The Bertz CT molecular complexity index is 532. The highest BCUT2D eigenvalue weighted by Crippen LogP contribution is 2.14. The van der Waals surface area contributed by atoms with Gasteiger partial charge in [0.2, 0.25) is 0 Å². The lowest BCUT2D eigenvalue weighted by atomic mass is 10.4. The predicted octanol–water partition coefficient (Wildman–Crippen LogP) is 1.40. The van der Waals surface area contributed by atoms with Crippen LogP contribution in [0.15, 0.2) is 35.5 Å². The van der Waals surface area contributed by atoms with Gasteiger partial charge in [0.05, 0.1) is 6.20 Å². The smallest absolute Gasteiger partial charge is 0.269 e. The summed E-state index contributed by atoms with van der Waals surface area (Å²) in [5.41, 5.74) is -0.0544. The van der Waals surface area contributed by atoms with E-state index in [-0.39, 0.29) is 5.56 Å². The van der Waals surface area contributed by atoms with E-state index in [2.05, 4.69) is 29.4 Å². The van der Waals surface area contributed by atoms with Gasteiger partial charge >= 0.3 is 0 Å². The van der Waals surface area contributed by atoms with Crippen LogP contribution < -0.4 is 10.9 Å². The average molecular weight is 249 g/mol. The molecule has 2 aromatic rings. The number of rotatable bonds is 5. The number of aryl methyl sites for hydroxylation is 1. The van der Waals surface area contributed by atoms with Crippen molar-refractivity contribution in [3.05, 3.63) is 50.8 Å². The molecule has 1 N–H and O–H groups in total. The average Bonchev–Trinajstić information content (AvgIpc) is 2.73. The van der Waals surface area contributed by atoms with Crippen molar-refractivity contribution in [1.82, 2.24) is 14.9 Å². The molecule has 4 nitrogen and oxygen atoms in total. The minimum Gasteiger partial charge on any atom is -0.311 e. The fourth-order valence-electron chi connectivity index (χ4n) is 1.55. The molecule has 0 aliphatic carbocycles. The molecule has 17 heavy (non-hydrogen) atoms. The van der Waals surface area contributed by atoms with Crippen molar-refractivity contribution in [1.29, 1.82) is 0 Å². The Balaban J connectivity index is 1.77. The minimum absolute atomic E-state index is 0.0544. The number of thiophene rings is 1. The summed E-state index contributed by atoms with van der Waals surface area (Å²) in [5, 5.41) is 3.32. The third kappa shape index (κ3) is 3.51. The molecule has 0 fully saturated rings. The highest BCUT2D eigenvalue weighted by Gasteiger charge is 1.97. The molecule has 2 rings (SSSR count). The maximum absolute atomic E-state index is 11.4. The first-order chi connectivity index (χ1) is 8.25. The Kier molecular flexibility index (Phi) is 4.06. The normalized spacial score (nSPS) is 10.6. The Labute approximate surface area is 104 Å². The maximum Gasteiger partial charge on any atom is 0.269 e. The van der Waals surface area contributed by atoms with Crippen LogP contribution in [0.2, 0.25) is 0 Å². The molecule has 0 bridgehead atoms. The lowest BCUT2D eigenvalue weighted by Gasteiger charge is -2.05. The summed E-state index contributed by atoms with van der Waals surface area (Å²) >= 11 is 1.80. The molecule has 0 spiro atoms. The van der Waals surface area contributed by atoms with Crippen molar-refractivity contribution in [3.8, 4) is 0 Å². The number of nitrogens with one attached hydrogen (secondary N) is 1. The fraction of sp³-hybridized carbons (Fsp3) is 0.333. The molecule has 2 aromatic heterocycles. The molecule has 90 valence electrons. The summed E-state index contributed by atoms with van der Waals surface area (Å²) in [7, 11) is 0. The van der Waals surface area contributed by atoms with Crippen LogP contribution in [0.4, 0.5) is 0 Å². The van der Waals surface area contributed by atoms with Crippen LogP contribution in [-0.4, -0.2) is 16.1 Å². The quantitative estimate of drug-likeness (QED) is 0.815. The van der Waals surface area contributed by atoms with Crippen molar-refractivity contribution in [2.24, 2.45) is 0 Å². The van der Waals surface area contributed by atoms with Crippen LogP contribution in [0.3, 0.4) is 0 Å². The van der Waals surface area contributed by atoms with Crippen molar-refractivity contribution in [3.63, 3.8) is 0 Å². The van der Waals surface area contributed by atoms with Crippen LogP contribution in [0.25, 0.3) is 0 Å². The molecule has 0 saturated carbocycles. The van der Waals surface area contributed by atoms with E-state index in [9.17, 15) is 4.79 Å². The van der Waals surface area contributed by atoms with E-state index in [0.717, 1.165) is 13.1 Å². The van der Waals surface area contributed by atoms with Gasteiger partial charge in [0.25, 0.3) is 5.56 Å². The highest BCUT2D eigenvalue weighted by atomic mass is 32.1. The van der Waals surface area contributed by atoms with Gasteiger partial charge in [0, 0.05) is 41.8 Å². The van der Waals surface area contributed by atoms with E-state index in [1.807, 2.05) is 0 Å². The number of nitrogens with zero attached hydrogens (tertiary/aromatic N) is 2. The molecule has 0 aromatic carbocycles. The second kappa shape index (κ2) is 5.75. The van der Waals surface area contributed by atoms with Crippen molar-refractivity contribution >= 4 is 11.3 Å². The van der Waals surface area contributed by atoms with Crippen LogP contribution in [0, 0.1) is 6.92 Å². The number of hydrogen-bond donors (Lipinski definition) is 1. The van der Waals surface area contributed by atoms with Gasteiger partial charge in [-0.25, -0.2) is 0 Å². The Morgan fingerprint density at radius 1 is 1.47 bits per heavy atom. The molecular weight excluding hydrogens is 234 g/mol. The van der Waals surface area contributed by atoms with Gasteiger partial charge in [-0.1, -0.05) is 0 Å². The fourth-order valence-corrected chi connectivity index (χ4v) is 2.41. The maximum atomic E-state index is 11.4. The van der Waals surface area contributed by atoms with Crippen molar-refractivity contribution in [2.45, 2.75) is 20.0 Å². The standard InChI is InChI=1S/C12H15N3OS/c1-10-2-3-11(17-10)8-13-4-6-15-7-5-14-9-12(15)16/h2-3,5,7,9,13H,4,6,8H2,1H3. The number of aromatic nitrogens is 2. The first-order valence-electron chi connectivity index (χ1n) is 5.52. The summed E-state index contributed by atoms with van der Waals surface area (Å²) in [6.07, 6.45) is 4.67. The second-order valence-electron chi connectivity index (χ2n) is 3.80. The van der Waals surface area contributed by atoms with Gasteiger partial charge in [0.1, 0.15) is 0 Å². The predicted molar refractivity (Wildman–Crippen MR) is 69.3 cm³/mol. The lowest BCUT2D eigenvalue weighted by molar-refractivity contribution is 0.585. The third-order valence-electron chi connectivity index (χ3n) is 2.43. The molecule has 0 aliphatic rings. The van der Waals surface area contributed by atoms with E-state index in [1.54, 1.807) is 28.3 Å². The van der Waals surface area contributed by atoms with Gasteiger partial charge < -0.3 is 9.88 Å². The Hall–Kier alpha value is -1.46. The van der Waals surface area contributed by atoms with Crippen LogP contribution in [0.5, 0.6) is 0 Å². The van der Waals surface area contributed by atoms with Gasteiger partial charge in [-0.05, 0) is 19.1 Å². The summed E-state index contributed by atoms with van der Waals surface area (Å²) in [6.45, 7) is 4.41. The monoisotopic (exact) mass is 249 g/mol.